The summed E-state index contributed by atoms with van der Waals surface area (Å²) in [5.74, 6) is 0.128. The van der Waals surface area contributed by atoms with Crippen LogP contribution in [0.1, 0.15) is 24.0 Å². The number of rotatable bonds is 6. The number of piperidine rings is 1. The maximum absolute atomic E-state index is 12.4. The van der Waals surface area contributed by atoms with Gasteiger partial charge >= 0.3 is 5.97 Å². The zero-order chi connectivity index (χ0) is 20.1. The third-order valence-electron chi connectivity index (χ3n) is 5.70. The summed E-state index contributed by atoms with van der Waals surface area (Å²) < 4.78 is 5.26. The van der Waals surface area contributed by atoms with E-state index in [4.69, 9.17) is 4.74 Å². The van der Waals surface area contributed by atoms with Crippen LogP contribution in [0.5, 0.6) is 0 Å². The highest BCUT2D eigenvalue weighted by Crippen LogP contribution is 2.22. The largest absolute Gasteiger partial charge is 0.455 e. The van der Waals surface area contributed by atoms with Crippen LogP contribution in [0.4, 0.5) is 0 Å². The van der Waals surface area contributed by atoms with Crippen LogP contribution >= 0.6 is 0 Å². The quantitative estimate of drug-likeness (QED) is 0.652. The molecule has 0 atom stereocenters. The van der Waals surface area contributed by atoms with Crippen LogP contribution in [0, 0.1) is 5.92 Å². The van der Waals surface area contributed by atoms with Crippen LogP contribution in [-0.2, 0) is 27.2 Å². The second-order valence-electron chi connectivity index (χ2n) is 7.71. The molecule has 29 heavy (non-hydrogen) atoms. The first-order chi connectivity index (χ1) is 14.2. The van der Waals surface area contributed by atoms with Gasteiger partial charge in [-0.1, -0.05) is 48.5 Å². The van der Waals surface area contributed by atoms with E-state index in [-0.39, 0.29) is 24.9 Å². The van der Waals surface area contributed by atoms with Crippen molar-refractivity contribution in [1.82, 2.24) is 9.88 Å². The fourth-order valence-electron chi connectivity index (χ4n) is 4.05. The average Bonchev–Trinajstić information content (AvgIpc) is 3.16. The minimum Gasteiger partial charge on any atom is -0.455 e. The number of aromatic nitrogens is 1. The Hall–Kier alpha value is -3.08. The van der Waals surface area contributed by atoms with Crippen molar-refractivity contribution in [3.63, 3.8) is 0 Å². The van der Waals surface area contributed by atoms with E-state index in [1.165, 1.54) is 5.56 Å². The Bertz CT molecular complexity index is 972. The molecule has 1 amide bonds. The van der Waals surface area contributed by atoms with Crippen LogP contribution in [0.3, 0.4) is 0 Å². The number of para-hydroxylation sites is 1. The molecule has 2 heterocycles. The third kappa shape index (κ3) is 4.86. The Balaban J connectivity index is 1.21. The van der Waals surface area contributed by atoms with Crippen LogP contribution in [0.25, 0.3) is 10.9 Å². The van der Waals surface area contributed by atoms with Gasteiger partial charge in [-0.2, -0.15) is 0 Å². The maximum Gasteiger partial charge on any atom is 0.310 e. The second kappa shape index (κ2) is 8.95. The summed E-state index contributed by atoms with van der Waals surface area (Å²) >= 11 is 0. The topological polar surface area (TPSA) is 62.4 Å². The van der Waals surface area contributed by atoms with Gasteiger partial charge in [-0.25, -0.2) is 0 Å². The lowest BCUT2D eigenvalue weighted by molar-refractivity contribution is -0.152. The number of esters is 1. The normalized spacial score (nSPS) is 14.8. The van der Waals surface area contributed by atoms with E-state index in [1.54, 1.807) is 0 Å². The Kier molecular flexibility index (Phi) is 5.94. The number of likely N-dealkylation sites (tertiary alicyclic amines) is 1. The molecule has 0 unspecified atom stereocenters. The monoisotopic (exact) mass is 390 g/mol. The van der Waals surface area contributed by atoms with Crippen LogP contribution in [0.2, 0.25) is 0 Å². The Morgan fingerprint density at radius 3 is 2.52 bits per heavy atom. The summed E-state index contributed by atoms with van der Waals surface area (Å²) in [5.41, 5.74) is 3.23. The van der Waals surface area contributed by atoms with E-state index in [0.29, 0.717) is 5.92 Å². The molecule has 0 bridgehead atoms. The number of carbonyl (C=O) groups is 2. The molecule has 1 aromatic heterocycles. The van der Waals surface area contributed by atoms with Crippen molar-refractivity contribution in [3.8, 4) is 0 Å². The van der Waals surface area contributed by atoms with Gasteiger partial charge in [-0.05, 0) is 42.4 Å². The number of ether oxygens (including phenoxy) is 1. The SMILES string of the molecule is O=C(Cc1c[nH]c2ccccc12)OCC(=O)N1CCC(Cc2ccccc2)CC1. The number of hydrogen-bond acceptors (Lipinski definition) is 3. The second-order valence-corrected chi connectivity index (χ2v) is 7.71. The summed E-state index contributed by atoms with van der Waals surface area (Å²) in [6.45, 7) is 1.29. The third-order valence-corrected chi connectivity index (χ3v) is 5.70. The summed E-state index contributed by atoms with van der Waals surface area (Å²) in [4.78, 5) is 29.6. The minimum atomic E-state index is -0.373. The molecule has 1 aliphatic heterocycles. The van der Waals surface area contributed by atoms with E-state index < -0.39 is 0 Å². The van der Waals surface area contributed by atoms with Gasteiger partial charge in [0, 0.05) is 30.2 Å². The van der Waals surface area contributed by atoms with E-state index in [2.05, 4.69) is 29.2 Å². The van der Waals surface area contributed by atoms with Gasteiger partial charge in [0.15, 0.2) is 6.61 Å². The minimum absolute atomic E-state index is 0.101. The van der Waals surface area contributed by atoms with Gasteiger partial charge in [0.25, 0.3) is 5.91 Å². The molecule has 0 spiro atoms. The Morgan fingerprint density at radius 1 is 1.00 bits per heavy atom. The standard InChI is InChI=1S/C24H26N2O3/c27-23(26-12-10-19(11-13-26)14-18-6-2-1-3-7-18)17-29-24(28)15-20-16-25-22-9-5-4-8-21(20)22/h1-9,16,19,25H,10-15,17H2. The number of H-pyrrole nitrogens is 1. The van der Waals surface area contributed by atoms with E-state index >= 15 is 0 Å². The first-order valence-corrected chi connectivity index (χ1v) is 10.2. The highest BCUT2D eigenvalue weighted by Gasteiger charge is 2.23. The van der Waals surface area contributed by atoms with Crippen molar-refractivity contribution in [2.75, 3.05) is 19.7 Å². The molecule has 4 rings (SSSR count). The number of amides is 1. The van der Waals surface area contributed by atoms with Crippen molar-refractivity contribution in [2.45, 2.75) is 25.7 Å². The van der Waals surface area contributed by atoms with E-state index in [1.807, 2.05) is 41.4 Å². The predicted octanol–water partition coefficient (Wildman–Crippen LogP) is 3.73. The summed E-state index contributed by atoms with van der Waals surface area (Å²) in [7, 11) is 0. The molecule has 0 radical (unpaired) electrons. The van der Waals surface area contributed by atoms with Gasteiger partial charge in [-0.15, -0.1) is 0 Å². The maximum atomic E-state index is 12.4. The first kappa shape index (κ1) is 19.2. The highest BCUT2D eigenvalue weighted by atomic mass is 16.5. The van der Waals surface area contributed by atoms with Gasteiger partial charge < -0.3 is 14.6 Å². The molecular weight excluding hydrogens is 364 g/mol. The molecular formula is C24H26N2O3. The van der Waals surface area contributed by atoms with Gasteiger partial charge in [0.2, 0.25) is 0 Å². The molecule has 0 saturated carbocycles. The zero-order valence-corrected chi connectivity index (χ0v) is 16.5. The number of nitrogens with zero attached hydrogens (tertiary/aromatic N) is 1. The van der Waals surface area contributed by atoms with Crippen molar-refractivity contribution < 1.29 is 14.3 Å². The molecule has 1 N–H and O–H groups in total. The lowest BCUT2D eigenvalue weighted by atomic mass is 9.90. The fraction of sp³-hybridized carbons (Fsp3) is 0.333. The Labute approximate surface area is 170 Å². The van der Waals surface area contributed by atoms with Crippen LogP contribution < -0.4 is 0 Å². The van der Waals surface area contributed by atoms with Crippen molar-refractivity contribution in [1.29, 1.82) is 0 Å². The molecule has 1 aliphatic rings. The van der Waals surface area contributed by atoms with Gasteiger partial charge in [0.1, 0.15) is 0 Å². The van der Waals surface area contributed by atoms with Crippen LogP contribution in [0.15, 0.2) is 60.8 Å². The molecule has 5 heteroatoms. The lowest BCUT2D eigenvalue weighted by Crippen LogP contribution is -2.41. The molecule has 2 aromatic carbocycles. The number of benzene rings is 2. The number of hydrogen-bond donors (Lipinski definition) is 1. The number of aromatic amines is 1. The Morgan fingerprint density at radius 2 is 1.72 bits per heavy atom. The fourth-order valence-corrected chi connectivity index (χ4v) is 4.05. The van der Waals surface area contributed by atoms with E-state index in [9.17, 15) is 9.59 Å². The van der Waals surface area contributed by atoms with Crippen LogP contribution in [-0.4, -0.2) is 41.5 Å². The average molecular weight is 390 g/mol. The molecule has 0 aliphatic carbocycles. The van der Waals surface area contributed by atoms with Crippen molar-refractivity contribution in [2.24, 2.45) is 5.92 Å². The zero-order valence-electron chi connectivity index (χ0n) is 16.5. The summed E-state index contributed by atoms with van der Waals surface area (Å²) in [6, 6.07) is 18.3. The molecule has 3 aromatic rings. The highest BCUT2D eigenvalue weighted by molar-refractivity contribution is 5.88. The number of carbonyl (C=O) groups excluding carboxylic acids is 2. The molecule has 150 valence electrons. The van der Waals surface area contributed by atoms with Gasteiger partial charge in [0.05, 0.1) is 6.42 Å². The number of nitrogens with one attached hydrogen (secondary N) is 1. The van der Waals surface area contributed by atoms with Gasteiger partial charge in [-0.3, -0.25) is 9.59 Å². The smallest absolute Gasteiger partial charge is 0.310 e. The molecule has 1 fully saturated rings. The molecule has 1 saturated heterocycles. The van der Waals surface area contributed by atoms with Crippen molar-refractivity contribution >= 4 is 22.8 Å². The van der Waals surface area contributed by atoms with Crippen molar-refractivity contribution in [3.05, 3.63) is 71.9 Å². The van der Waals surface area contributed by atoms with E-state index in [0.717, 1.165) is 48.8 Å². The first-order valence-electron chi connectivity index (χ1n) is 10.2. The molecule has 5 nitrogen and oxygen atoms in total. The predicted molar refractivity (Wildman–Crippen MR) is 112 cm³/mol. The number of fused-ring (bicyclic) bond motifs is 1. The summed E-state index contributed by atoms with van der Waals surface area (Å²) in [5, 5.41) is 1.01. The lowest BCUT2D eigenvalue weighted by Gasteiger charge is -2.32. The summed E-state index contributed by atoms with van der Waals surface area (Å²) in [6.07, 6.45) is 5.03.